The molecule has 0 spiro atoms. The van der Waals surface area contributed by atoms with E-state index in [4.69, 9.17) is 5.11 Å². The molecule has 0 bridgehead atoms. The molecule has 2 N–H and O–H groups in total. The van der Waals surface area contributed by atoms with Crippen LogP contribution in [0, 0.1) is 6.92 Å². The lowest BCUT2D eigenvalue weighted by Gasteiger charge is -2.19. The first-order valence-electron chi connectivity index (χ1n) is 8.30. The van der Waals surface area contributed by atoms with E-state index in [0.717, 1.165) is 29.7 Å². The molecule has 1 aromatic heterocycles. The SMILES string of the molecule is Cc1cc2c(cc1CCNS(=O)(=O)c1ccsc1C(=O)O)CCCC2. The van der Waals surface area contributed by atoms with Crippen molar-refractivity contribution in [1.29, 1.82) is 0 Å². The van der Waals surface area contributed by atoms with Gasteiger partial charge in [0.1, 0.15) is 9.77 Å². The van der Waals surface area contributed by atoms with Crippen molar-refractivity contribution in [1.82, 2.24) is 4.72 Å². The van der Waals surface area contributed by atoms with Crippen molar-refractivity contribution in [3.63, 3.8) is 0 Å². The lowest BCUT2D eigenvalue weighted by atomic mass is 9.88. The summed E-state index contributed by atoms with van der Waals surface area (Å²) in [6, 6.07) is 5.76. The predicted molar refractivity (Wildman–Crippen MR) is 98.0 cm³/mol. The zero-order chi connectivity index (χ0) is 18.0. The van der Waals surface area contributed by atoms with Crippen LogP contribution in [0.2, 0.25) is 0 Å². The average molecular weight is 380 g/mol. The van der Waals surface area contributed by atoms with Gasteiger partial charge in [-0.25, -0.2) is 17.9 Å². The fourth-order valence-corrected chi connectivity index (χ4v) is 5.58. The molecular formula is C18H21NO4S2. The van der Waals surface area contributed by atoms with E-state index >= 15 is 0 Å². The molecule has 0 radical (unpaired) electrons. The molecule has 0 amide bonds. The molecule has 3 rings (SSSR count). The van der Waals surface area contributed by atoms with Crippen LogP contribution in [0.4, 0.5) is 0 Å². The van der Waals surface area contributed by atoms with Gasteiger partial charge in [-0.3, -0.25) is 0 Å². The van der Waals surface area contributed by atoms with Crippen LogP contribution in [0.15, 0.2) is 28.5 Å². The van der Waals surface area contributed by atoms with Crippen molar-refractivity contribution in [2.75, 3.05) is 6.54 Å². The highest BCUT2D eigenvalue weighted by atomic mass is 32.2. The van der Waals surface area contributed by atoms with Crippen molar-refractivity contribution in [2.45, 2.75) is 43.9 Å². The number of nitrogens with one attached hydrogen (secondary N) is 1. The Morgan fingerprint density at radius 3 is 2.60 bits per heavy atom. The summed E-state index contributed by atoms with van der Waals surface area (Å²) in [6.07, 6.45) is 5.24. The number of carbonyl (C=O) groups is 1. The Labute approximate surface area is 151 Å². The number of sulfonamides is 1. The molecule has 134 valence electrons. The van der Waals surface area contributed by atoms with Gasteiger partial charge in [0, 0.05) is 6.54 Å². The minimum absolute atomic E-state index is 0.155. The maximum atomic E-state index is 12.4. The second-order valence-electron chi connectivity index (χ2n) is 6.32. The van der Waals surface area contributed by atoms with Crippen LogP contribution in [0.25, 0.3) is 0 Å². The second-order valence-corrected chi connectivity index (χ2v) is 8.97. The first-order valence-corrected chi connectivity index (χ1v) is 10.7. The van der Waals surface area contributed by atoms with Gasteiger partial charge in [-0.1, -0.05) is 12.1 Å². The maximum absolute atomic E-state index is 12.4. The van der Waals surface area contributed by atoms with Crippen LogP contribution in [0.1, 0.15) is 44.8 Å². The maximum Gasteiger partial charge on any atom is 0.347 e. The number of rotatable bonds is 6. The van der Waals surface area contributed by atoms with E-state index in [2.05, 4.69) is 23.8 Å². The third-order valence-electron chi connectivity index (χ3n) is 4.60. The molecule has 0 aliphatic heterocycles. The van der Waals surface area contributed by atoms with E-state index in [0.29, 0.717) is 6.42 Å². The van der Waals surface area contributed by atoms with Gasteiger partial charge in [0.2, 0.25) is 10.0 Å². The zero-order valence-electron chi connectivity index (χ0n) is 14.0. The molecule has 0 fully saturated rings. The van der Waals surface area contributed by atoms with Crippen LogP contribution in [0.3, 0.4) is 0 Å². The summed E-state index contributed by atoms with van der Waals surface area (Å²) in [6.45, 7) is 2.30. The quantitative estimate of drug-likeness (QED) is 0.808. The summed E-state index contributed by atoms with van der Waals surface area (Å²) in [5, 5.41) is 10.6. The number of hydrogen-bond acceptors (Lipinski definition) is 4. The van der Waals surface area contributed by atoms with Crippen LogP contribution in [-0.4, -0.2) is 26.0 Å². The Morgan fingerprint density at radius 2 is 1.92 bits per heavy atom. The van der Waals surface area contributed by atoms with Crippen molar-refractivity contribution < 1.29 is 18.3 Å². The molecule has 0 atom stereocenters. The smallest absolute Gasteiger partial charge is 0.347 e. The molecule has 1 aliphatic carbocycles. The molecule has 0 unspecified atom stereocenters. The molecule has 2 aromatic rings. The second kappa shape index (κ2) is 7.27. The highest BCUT2D eigenvalue weighted by Gasteiger charge is 2.23. The molecular weight excluding hydrogens is 358 g/mol. The van der Waals surface area contributed by atoms with Gasteiger partial charge in [0.25, 0.3) is 0 Å². The number of carboxylic acid groups (broad SMARTS) is 1. The van der Waals surface area contributed by atoms with E-state index in [1.165, 1.54) is 41.0 Å². The molecule has 0 saturated heterocycles. The van der Waals surface area contributed by atoms with E-state index < -0.39 is 16.0 Å². The molecule has 1 heterocycles. The zero-order valence-corrected chi connectivity index (χ0v) is 15.7. The standard InChI is InChI=1S/C18H21NO4S2/c1-12-10-14-4-2-3-5-15(14)11-13(12)6-8-19-25(22,23)16-7-9-24-17(16)18(20)21/h7,9-11,19H,2-6,8H2,1H3,(H,20,21). The number of fused-ring (bicyclic) bond motifs is 1. The summed E-state index contributed by atoms with van der Waals surface area (Å²) in [7, 11) is -3.81. The van der Waals surface area contributed by atoms with Gasteiger partial charge >= 0.3 is 5.97 Å². The number of carboxylic acids is 1. The van der Waals surface area contributed by atoms with Gasteiger partial charge in [-0.2, -0.15) is 0 Å². The topological polar surface area (TPSA) is 83.5 Å². The molecule has 7 heteroatoms. The number of thiophene rings is 1. The highest BCUT2D eigenvalue weighted by molar-refractivity contribution is 7.89. The third kappa shape index (κ3) is 3.94. The summed E-state index contributed by atoms with van der Waals surface area (Å²) >= 11 is 0.914. The molecule has 0 saturated carbocycles. The number of aromatic carboxylic acids is 1. The molecule has 1 aromatic carbocycles. The lowest BCUT2D eigenvalue weighted by Crippen LogP contribution is -2.27. The van der Waals surface area contributed by atoms with Crippen molar-refractivity contribution in [3.8, 4) is 0 Å². The Morgan fingerprint density at radius 1 is 1.24 bits per heavy atom. The summed E-state index contributed by atoms with van der Waals surface area (Å²) in [5.74, 6) is -1.22. The van der Waals surface area contributed by atoms with E-state index in [-0.39, 0.29) is 16.3 Å². The number of hydrogen-bond donors (Lipinski definition) is 2. The normalized spacial score (nSPS) is 14.3. The highest BCUT2D eigenvalue weighted by Crippen LogP contribution is 2.25. The monoisotopic (exact) mass is 379 g/mol. The summed E-state index contributed by atoms with van der Waals surface area (Å²) in [4.78, 5) is 10.8. The molecule has 25 heavy (non-hydrogen) atoms. The van der Waals surface area contributed by atoms with Gasteiger partial charge in [-0.15, -0.1) is 11.3 Å². The average Bonchev–Trinajstić information content (AvgIpc) is 3.06. The molecule has 5 nitrogen and oxygen atoms in total. The van der Waals surface area contributed by atoms with Crippen LogP contribution < -0.4 is 4.72 Å². The first kappa shape index (κ1) is 18.1. The number of benzene rings is 1. The Bertz CT molecular complexity index is 900. The van der Waals surface area contributed by atoms with Crippen LogP contribution in [0.5, 0.6) is 0 Å². The van der Waals surface area contributed by atoms with E-state index in [9.17, 15) is 13.2 Å². The van der Waals surface area contributed by atoms with Gasteiger partial charge in [0.05, 0.1) is 0 Å². The van der Waals surface area contributed by atoms with Crippen LogP contribution in [-0.2, 0) is 29.3 Å². The van der Waals surface area contributed by atoms with Gasteiger partial charge in [0.15, 0.2) is 0 Å². The Hall–Kier alpha value is -1.70. The Balaban J connectivity index is 1.70. The lowest BCUT2D eigenvalue weighted by molar-refractivity contribution is 0.0698. The Kier molecular flexibility index (Phi) is 5.27. The largest absolute Gasteiger partial charge is 0.477 e. The predicted octanol–water partition coefficient (Wildman–Crippen LogP) is 3.15. The third-order valence-corrected chi connectivity index (χ3v) is 7.13. The van der Waals surface area contributed by atoms with E-state index in [1.807, 2.05) is 0 Å². The van der Waals surface area contributed by atoms with Crippen molar-refractivity contribution in [2.24, 2.45) is 0 Å². The van der Waals surface area contributed by atoms with E-state index in [1.54, 1.807) is 0 Å². The minimum atomic E-state index is -3.81. The van der Waals surface area contributed by atoms with Gasteiger partial charge < -0.3 is 5.11 Å². The van der Waals surface area contributed by atoms with Gasteiger partial charge in [-0.05, 0) is 72.7 Å². The number of aryl methyl sites for hydroxylation is 3. The van der Waals surface area contributed by atoms with Crippen molar-refractivity contribution >= 4 is 27.3 Å². The van der Waals surface area contributed by atoms with Crippen LogP contribution >= 0.6 is 11.3 Å². The molecule has 1 aliphatic rings. The first-order chi connectivity index (χ1) is 11.9. The summed E-state index contributed by atoms with van der Waals surface area (Å²) in [5.41, 5.74) is 5.12. The fourth-order valence-electron chi connectivity index (χ4n) is 3.29. The summed E-state index contributed by atoms with van der Waals surface area (Å²) < 4.78 is 27.2. The fraction of sp³-hybridized carbons (Fsp3) is 0.389. The van der Waals surface area contributed by atoms with Crippen molar-refractivity contribution in [3.05, 3.63) is 50.7 Å². The minimum Gasteiger partial charge on any atom is -0.477 e.